The molecule has 4 rings (SSSR count). The average Bonchev–Trinajstić information content (AvgIpc) is 3.01. The molecule has 1 unspecified atom stereocenters. The predicted molar refractivity (Wildman–Crippen MR) is 115 cm³/mol. The molecule has 0 aliphatic rings. The normalized spacial score (nSPS) is 12.5. The second kappa shape index (κ2) is 8.39. The minimum absolute atomic E-state index is 0.287. The van der Waals surface area contributed by atoms with Crippen molar-refractivity contribution in [2.24, 2.45) is 0 Å². The molecule has 154 valence electrons. The van der Waals surface area contributed by atoms with E-state index in [0.717, 1.165) is 34.6 Å². The molecule has 0 fully saturated rings. The molecule has 0 saturated carbocycles. The molecular formula is C22H21FN4O2S. The molecule has 2 aromatic heterocycles. The molecular weight excluding hydrogens is 403 g/mol. The quantitative estimate of drug-likeness (QED) is 0.429. The molecule has 2 aromatic carbocycles. The van der Waals surface area contributed by atoms with E-state index in [1.807, 2.05) is 36.6 Å². The zero-order valence-corrected chi connectivity index (χ0v) is 17.5. The smallest absolute Gasteiger partial charge is 0.317 e. The Hall–Kier alpha value is -3.00. The minimum Gasteiger partial charge on any atom is -0.480 e. The van der Waals surface area contributed by atoms with Crippen LogP contribution in [0.5, 0.6) is 0 Å². The number of rotatable bonds is 7. The minimum atomic E-state index is -0.895. The molecule has 0 aliphatic heterocycles. The summed E-state index contributed by atoms with van der Waals surface area (Å²) in [6.07, 6.45) is 1.26. The SMILES string of the molecule is CCCC(Sc1nnc2c3cc(C)ccc3n(Cc3ccccc3F)c2n1)C(=O)O. The van der Waals surface area contributed by atoms with E-state index < -0.39 is 11.2 Å². The van der Waals surface area contributed by atoms with Gasteiger partial charge in [-0.1, -0.05) is 54.9 Å². The van der Waals surface area contributed by atoms with Crippen LogP contribution in [0.15, 0.2) is 47.6 Å². The first-order valence-electron chi connectivity index (χ1n) is 9.74. The highest BCUT2D eigenvalue weighted by Crippen LogP contribution is 2.30. The van der Waals surface area contributed by atoms with Crippen molar-refractivity contribution < 1.29 is 14.3 Å². The van der Waals surface area contributed by atoms with Gasteiger partial charge in [0.2, 0.25) is 5.16 Å². The lowest BCUT2D eigenvalue weighted by atomic mass is 10.1. The second-order valence-electron chi connectivity index (χ2n) is 7.20. The van der Waals surface area contributed by atoms with Crippen LogP contribution in [-0.4, -0.2) is 36.1 Å². The van der Waals surface area contributed by atoms with Gasteiger partial charge in [-0.15, -0.1) is 10.2 Å². The summed E-state index contributed by atoms with van der Waals surface area (Å²) < 4.78 is 16.3. The third kappa shape index (κ3) is 3.87. The summed E-state index contributed by atoms with van der Waals surface area (Å²) in [7, 11) is 0. The number of aromatic nitrogens is 4. The Morgan fingerprint density at radius 2 is 2.03 bits per heavy atom. The van der Waals surface area contributed by atoms with Crippen LogP contribution in [0.4, 0.5) is 4.39 Å². The number of benzene rings is 2. The van der Waals surface area contributed by atoms with Crippen LogP contribution in [0, 0.1) is 12.7 Å². The summed E-state index contributed by atoms with van der Waals surface area (Å²) in [5.41, 5.74) is 3.68. The highest BCUT2D eigenvalue weighted by molar-refractivity contribution is 8.00. The van der Waals surface area contributed by atoms with Gasteiger partial charge in [0, 0.05) is 10.9 Å². The molecule has 6 nitrogen and oxygen atoms in total. The number of halogens is 1. The van der Waals surface area contributed by atoms with Crippen LogP contribution < -0.4 is 0 Å². The van der Waals surface area contributed by atoms with Gasteiger partial charge in [0.15, 0.2) is 5.65 Å². The molecule has 8 heteroatoms. The van der Waals surface area contributed by atoms with Crippen LogP contribution in [0.25, 0.3) is 22.1 Å². The Labute approximate surface area is 177 Å². The number of hydrogen-bond donors (Lipinski definition) is 1. The summed E-state index contributed by atoms with van der Waals surface area (Å²) in [4.78, 5) is 16.2. The van der Waals surface area contributed by atoms with Crippen LogP contribution in [0.2, 0.25) is 0 Å². The molecule has 2 heterocycles. The van der Waals surface area contributed by atoms with E-state index in [1.165, 1.54) is 6.07 Å². The highest BCUT2D eigenvalue weighted by atomic mass is 32.2. The number of carboxylic acid groups (broad SMARTS) is 1. The maximum atomic E-state index is 14.3. The monoisotopic (exact) mass is 424 g/mol. The number of carboxylic acids is 1. The second-order valence-corrected chi connectivity index (χ2v) is 8.37. The first kappa shape index (κ1) is 20.3. The highest BCUT2D eigenvalue weighted by Gasteiger charge is 2.22. The summed E-state index contributed by atoms with van der Waals surface area (Å²) in [6.45, 7) is 4.22. The maximum absolute atomic E-state index is 14.3. The predicted octanol–water partition coefficient (Wildman–Crippen LogP) is 4.82. The summed E-state index contributed by atoms with van der Waals surface area (Å²) in [5, 5.41) is 18.6. The summed E-state index contributed by atoms with van der Waals surface area (Å²) >= 11 is 1.10. The summed E-state index contributed by atoms with van der Waals surface area (Å²) in [5.74, 6) is -1.18. The van der Waals surface area contributed by atoms with Crippen molar-refractivity contribution in [3.63, 3.8) is 0 Å². The Balaban J connectivity index is 1.86. The number of fused-ring (bicyclic) bond motifs is 3. The van der Waals surface area contributed by atoms with E-state index in [1.54, 1.807) is 18.2 Å². The maximum Gasteiger partial charge on any atom is 0.317 e. The first-order valence-corrected chi connectivity index (χ1v) is 10.6. The lowest BCUT2D eigenvalue weighted by molar-refractivity contribution is -0.136. The number of hydrogen-bond acceptors (Lipinski definition) is 5. The largest absolute Gasteiger partial charge is 0.480 e. The van der Waals surface area contributed by atoms with Crippen molar-refractivity contribution in [3.05, 3.63) is 59.4 Å². The number of nitrogens with zero attached hydrogens (tertiary/aromatic N) is 4. The van der Waals surface area contributed by atoms with Crippen LogP contribution in [0.1, 0.15) is 30.9 Å². The molecule has 0 saturated heterocycles. The van der Waals surface area contributed by atoms with Gasteiger partial charge in [-0.2, -0.15) is 0 Å². The molecule has 30 heavy (non-hydrogen) atoms. The first-order chi connectivity index (χ1) is 14.5. The van der Waals surface area contributed by atoms with Gasteiger partial charge in [-0.05, 0) is 31.5 Å². The van der Waals surface area contributed by atoms with E-state index in [-0.39, 0.29) is 12.4 Å². The Morgan fingerprint density at radius 1 is 1.23 bits per heavy atom. The van der Waals surface area contributed by atoms with Crippen LogP contribution in [0.3, 0.4) is 0 Å². The zero-order valence-electron chi connectivity index (χ0n) is 16.7. The van der Waals surface area contributed by atoms with Gasteiger partial charge >= 0.3 is 5.97 Å². The van der Waals surface area contributed by atoms with E-state index in [0.29, 0.717) is 28.3 Å². The van der Waals surface area contributed by atoms with E-state index >= 15 is 0 Å². The van der Waals surface area contributed by atoms with Crippen molar-refractivity contribution in [3.8, 4) is 0 Å². The Morgan fingerprint density at radius 3 is 2.77 bits per heavy atom. The Kier molecular flexibility index (Phi) is 5.67. The van der Waals surface area contributed by atoms with Crippen molar-refractivity contribution in [2.45, 2.75) is 43.6 Å². The standard InChI is InChI=1S/C22H21FN4O2S/c1-3-6-18(21(28)29)30-22-24-20-19(25-26-22)15-11-13(2)9-10-17(15)27(20)12-14-7-4-5-8-16(14)23/h4-5,7-11,18H,3,6,12H2,1-2H3,(H,28,29). The number of aliphatic carboxylic acids is 1. The Bertz CT molecular complexity index is 1240. The van der Waals surface area contributed by atoms with Gasteiger partial charge in [0.05, 0.1) is 12.1 Å². The topological polar surface area (TPSA) is 80.9 Å². The van der Waals surface area contributed by atoms with Gasteiger partial charge in [0.1, 0.15) is 16.6 Å². The van der Waals surface area contributed by atoms with Crippen LogP contribution >= 0.6 is 11.8 Å². The molecule has 1 N–H and O–H groups in total. The van der Waals surface area contributed by atoms with Gasteiger partial charge in [0.25, 0.3) is 0 Å². The van der Waals surface area contributed by atoms with Crippen LogP contribution in [-0.2, 0) is 11.3 Å². The lowest BCUT2D eigenvalue weighted by Gasteiger charge is -2.10. The summed E-state index contributed by atoms with van der Waals surface area (Å²) in [6, 6.07) is 12.6. The van der Waals surface area contributed by atoms with E-state index in [9.17, 15) is 14.3 Å². The van der Waals surface area contributed by atoms with Crippen molar-refractivity contribution in [1.82, 2.24) is 19.7 Å². The molecule has 4 aromatic rings. The molecule has 1 atom stereocenters. The molecule has 0 bridgehead atoms. The average molecular weight is 425 g/mol. The van der Waals surface area contributed by atoms with E-state index in [2.05, 4.69) is 15.2 Å². The van der Waals surface area contributed by atoms with Gasteiger partial charge < -0.3 is 9.67 Å². The van der Waals surface area contributed by atoms with Crippen molar-refractivity contribution in [1.29, 1.82) is 0 Å². The fraction of sp³-hybridized carbons (Fsp3) is 0.273. The number of thioether (sulfide) groups is 1. The number of aryl methyl sites for hydroxylation is 1. The van der Waals surface area contributed by atoms with Gasteiger partial charge in [-0.25, -0.2) is 9.37 Å². The molecule has 0 aliphatic carbocycles. The fourth-order valence-corrected chi connectivity index (χ4v) is 4.42. The third-order valence-corrected chi connectivity index (χ3v) is 6.07. The molecule has 0 amide bonds. The number of carbonyl (C=O) groups is 1. The third-order valence-electron chi connectivity index (χ3n) is 4.96. The zero-order chi connectivity index (χ0) is 21.3. The van der Waals surface area contributed by atoms with E-state index in [4.69, 9.17) is 0 Å². The van der Waals surface area contributed by atoms with Crippen molar-refractivity contribution >= 4 is 39.8 Å². The van der Waals surface area contributed by atoms with Crippen molar-refractivity contribution in [2.75, 3.05) is 0 Å². The lowest BCUT2D eigenvalue weighted by Crippen LogP contribution is -2.16. The van der Waals surface area contributed by atoms with Gasteiger partial charge in [-0.3, -0.25) is 4.79 Å². The molecule has 0 radical (unpaired) electrons. The molecule has 0 spiro atoms. The fourth-order valence-electron chi connectivity index (χ4n) is 3.48.